The summed E-state index contributed by atoms with van der Waals surface area (Å²) in [6.45, 7) is 6.36. The Hall–Kier alpha value is -1.67. The lowest BCUT2D eigenvalue weighted by Gasteiger charge is -2.49. The van der Waals surface area contributed by atoms with Crippen LogP contribution in [0.3, 0.4) is 0 Å². The lowest BCUT2D eigenvalue weighted by molar-refractivity contribution is -0.00523. The van der Waals surface area contributed by atoms with E-state index in [4.69, 9.17) is 4.74 Å². The highest BCUT2D eigenvalue weighted by atomic mass is 79.9. The number of hydrogen-bond donors (Lipinski definition) is 1. The molecule has 0 bridgehead atoms. The molecule has 1 aromatic rings. The number of amides is 3. The van der Waals surface area contributed by atoms with E-state index in [0.717, 1.165) is 17.3 Å². The first-order valence-corrected chi connectivity index (χ1v) is 9.81. The molecule has 3 heterocycles. The Morgan fingerprint density at radius 1 is 1.27 bits per heavy atom. The fourth-order valence-electron chi connectivity index (χ4n) is 3.42. The average molecular weight is 425 g/mol. The number of pyridine rings is 1. The molecule has 0 aliphatic carbocycles. The Morgan fingerprint density at radius 2 is 1.96 bits per heavy atom. The number of carbonyl (C=O) groups is 2. The van der Waals surface area contributed by atoms with Gasteiger partial charge >= 0.3 is 6.03 Å². The van der Waals surface area contributed by atoms with Gasteiger partial charge in [-0.15, -0.1) is 0 Å². The maximum Gasteiger partial charge on any atom is 0.318 e. The fourth-order valence-corrected chi connectivity index (χ4v) is 3.79. The van der Waals surface area contributed by atoms with Crippen molar-refractivity contribution in [3.8, 4) is 0 Å². The van der Waals surface area contributed by atoms with Gasteiger partial charge in [0.2, 0.25) is 0 Å². The summed E-state index contributed by atoms with van der Waals surface area (Å²) < 4.78 is 6.21. The van der Waals surface area contributed by atoms with Crippen LogP contribution in [0.1, 0.15) is 37.0 Å². The number of likely N-dealkylation sites (tertiary alicyclic amines) is 1. The summed E-state index contributed by atoms with van der Waals surface area (Å²) in [5.74, 6) is -0.0498. The van der Waals surface area contributed by atoms with Gasteiger partial charge in [-0.05, 0) is 48.7 Å². The third kappa shape index (κ3) is 4.35. The van der Waals surface area contributed by atoms with Crippen LogP contribution in [-0.2, 0) is 4.74 Å². The minimum Gasteiger partial charge on any atom is -0.381 e. The third-order valence-corrected chi connectivity index (χ3v) is 5.16. The van der Waals surface area contributed by atoms with Crippen molar-refractivity contribution in [2.45, 2.75) is 44.8 Å². The van der Waals surface area contributed by atoms with Crippen LogP contribution < -0.4 is 5.32 Å². The standard InChI is InChI=1S/C18H25BrN4O3/c1-12(2)21-18(25)23(15-3-5-26-6-4-15)16-10-22(11-16)17(24)13-7-14(19)9-20-8-13/h7-9,12,15-16H,3-6,10-11H2,1-2H3,(H,21,25). The Kier molecular flexibility index (Phi) is 6.13. The first-order chi connectivity index (χ1) is 12.5. The van der Waals surface area contributed by atoms with Crippen molar-refractivity contribution < 1.29 is 14.3 Å². The molecule has 7 nitrogen and oxygen atoms in total. The Morgan fingerprint density at radius 3 is 2.58 bits per heavy atom. The van der Waals surface area contributed by atoms with Gasteiger partial charge < -0.3 is 19.9 Å². The van der Waals surface area contributed by atoms with Gasteiger partial charge in [0.1, 0.15) is 0 Å². The van der Waals surface area contributed by atoms with E-state index in [2.05, 4.69) is 26.2 Å². The van der Waals surface area contributed by atoms with Crippen LogP contribution in [0.2, 0.25) is 0 Å². The molecule has 0 atom stereocenters. The molecule has 8 heteroatoms. The van der Waals surface area contributed by atoms with Gasteiger partial charge in [-0.1, -0.05) is 0 Å². The quantitative estimate of drug-likeness (QED) is 0.803. The van der Waals surface area contributed by atoms with Gasteiger partial charge in [0, 0.05) is 55.3 Å². The number of nitrogens with zero attached hydrogens (tertiary/aromatic N) is 3. The van der Waals surface area contributed by atoms with E-state index in [1.807, 2.05) is 18.7 Å². The van der Waals surface area contributed by atoms with Gasteiger partial charge in [-0.25, -0.2) is 4.79 Å². The van der Waals surface area contributed by atoms with E-state index in [1.165, 1.54) is 0 Å². The monoisotopic (exact) mass is 424 g/mol. The lowest BCUT2D eigenvalue weighted by atomic mass is 9.99. The molecule has 0 saturated carbocycles. The largest absolute Gasteiger partial charge is 0.381 e. The van der Waals surface area contributed by atoms with Gasteiger partial charge in [-0.3, -0.25) is 9.78 Å². The van der Waals surface area contributed by atoms with Crippen molar-refractivity contribution in [3.63, 3.8) is 0 Å². The minimum atomic E-state index is -0.0498. The highest BCUT2D eigenvalue weighted by Crippen LogP contribution is 2.25. The number of carbonyl (C=O) groups excluding carboxylic acids is 2. The molecule has 142 valence electrons. The van der Waals surface area contributed by atoms with E-state index in [0.29, 0.717) is 31.9 Å². The molecule has 1 N–H and O–H groups in total. The zero-order valence-corrected chi connectivity index (χ0v) is 16.7. The van der Waals surface area contributed by atoms with Crippen LogP contribution in [0.15, 0.2) is 22.9 Å². The van der Waals surface area contributed by atoms with Crippen LogP contribution in [0, 0.1) is 0 Å². The van der Waals surface area contributed by atoms with Crippen molar-refractivity contribution in [2.75, 3.05) is 26.3 Å². The molecule has 2 fully saturated rings. The van der Waals surface area contributed by atoms with E-state index in [9.17, 15) is 9.59 Å². The number of ether oxygens (including phenoxy) is 1. The SMILES string of the molecule is CC(C)NC(=O)N(C1CCOCC1)C1CN(C(=O)c2cncc(Br)c2)C1. The second-order valence-electron chi connectivity index (χ2n) is 7.11. The summed E-state index contributed by atoms with van der Waals surface area (Å²) in [6.07, 6.45) is 4.90. The van der Waals surface area contributed by atoms with E-state index in [1.54, 1.807) is 23.4 Å². The molecule has 26 heavy (non-hydrogen) atoms. The molecule has 3 rings (SSSR count). The molecule has 0 aromatic carbocycles. The van der Waals surface area contributed by atoms with Gasteiger partial charge in [0.05, 0.1) is 11.6 Å². The van der Waals surface area contributed by atoms with Crippen molar-refractivity contribution in [3.05, 3.63) is 28.5 Å². The first-order valence-electron chi connectivity index (χ1n) is 9.02. The number of rotatable bonds is 4. The summed E-state index contributed by atoms with van der Waals surface area (Å²) >= 11 is 3.34. The molecule has 3 amide bonds. The summed E-state index contributed by atoms with van der Waals surface area (Å²) in [5.41, 5.74) is 0.557. The van der Waals surface area contributed by atoms with E-state index < -0.39 is 0 Å². The van der Waals surface area contributed by atoms with Crippen LogP contribution in [0.4, 0.5) is 4.79 Å². The van der Waals surface area contributed by atoms with E-state index >= 15 is 0 Å². The topological polar surface area (TPSA) is 74.8 Å². The third-order valence-electron chi connectivity index (χ3n) is 4.73. The number of halogens is 1. The summed E-state index contributed by atoms with van der Waals surface area (Å²) in [5, 5.41) is 3.00. The van der Waals surface area contributed by atoms with Crippen molar-refractivity contribution in [1.82, 2.24) is 20.1 Å². The Balaban J connectivity index is 1.65. The highest BCUT2D eigenvalue weighted by Gasteiger charge is 2.41. The zero-order chi connectivity index (χ0) is 18.7. The Labute approximate surface area is 162 Å². The van der Waals surface area contributed by atoms with Crippen molar-refractivity contribution in [2.24, 2.45) is 0 Å². The lowest BCUT2D eigenvalue weighted by Crippen LogP contribution is -2.66. The van der Waals surface area contributed by atoms with Crippen molar-refractivity contribution in [1.29, 1.82) is 0 Å². The maximum atomic E-state index is 12.7. The number of nitrogens with one attached hydrogen (secondary N) is 1. The summed E-state index contributed by atoms with van der Waals surface area (Å²) in [6, 6.07) is 2.01. The molecular weight excluding hydrogens is 400 g/mol. The second-order valence-corrected chi connectivity index (χ2v) is 8.03. The summed E-state index contributed by atoms with van der Waals surface area (Å²) in [7, 11) is 0. The van der Waals surface area contributed by atoms with Gasteiger partial charge in [-0.2, -0.15) is 0 Å². The minimum absolute atomic E-state index is 0.0425. The molecular formula is C18H25BrN4O3. The first kappa shape index (κ1) is 19.1. The van der Waals surface area contributed by atoms with Crippen LogP contribution in [-0.4, -0.2) is 71.2 Å². The molecule has 0 radical (unpaired) electrons. The normalized spacial score (nSPS) is 18.5. The molecule has 0 spiro atoms. The predicted octanol–water partition coefficient (Wildman–Crippen LogP) is 2.27. The molecule has 2 saturated heterocycles. The second kappa shape index (κ2) is 8.35. The van der Waals surface area contributed by atoms with Gasteiger partial charge in [0.15, 0.2) is 0 Å². The van der Waals surface area contributed by atoms with E-state index in [-0.39, 0.29) is 30.1 Å². The fraction of sp³-hybridized carbons (Fsp3) is 0.611. The van der Waals surface area contributed by atoms with Crippen molar-refractivity contribution >= 4 is 27.9 Å². The van der Waals surface area contributed by atoms with Crippen LogP contribution in [0.5, 0.6) is 0 Å². The Bertz CT molecular complexity index is 658. The maximum absolute atomic E-state index is 12.7. The highest BCUT2D eigenvalue weighted by molar-refractivity contribution is 9.10. The molecule has 2 aliphatic rings. The summed E-state index contributed by atoms with van der Waals surface area (Å²) in [4.78, 5) is 33.1. The molecule has 1 aromatic heterocycles. The smallest absolute Gasteiger partial charge is 0.318 e. The zero-order valence-electron chi connectivity index (χ0n) is 15.2. The molecule has 2 aliphatic heterocycles. The number of urea groups is 1. The average Bonchev–Trinajstić information content (AvgIpc) is 2.57. The van der Waals surface area contributed by atoms with Gasteiger partial charge in [0.25, 0.3) is 5.91 Å². The number of aromatic nitrogens is 1. The molecule has 0 unspecified atom stereocenters. The van der Waals surface area contributed by atoms with Crippen LogP contribution >= 0.6 is 15.9 Å². The van der Waals surface area contributed by atoms with Crippen LogP contribution in [0.25, 0.3) is 0 Å². The number of hydrogen-bond acceptors (Lipinski definition) is 4. The predicted molar refractivity (Wildman–Crippen MR) is 101 cm³/mol.